The highest BCUT2D eigenvalue weighted by atomic mass is 16.5. The molecule has 2 aromatic rings. The molecule has 0 spiro atoms. The number of hydrogen-bond donors (Lipinski definition) is 2. The van der Waals surface area contributed by atoms with E-state index < -0.39 is 0 Å². The van der Waals surface area contributed by atoms with Crippen LogP contribution in [0.1, 0.15) is 41.6 Å². The van der Waals surface area contributed by atoms with Crippen LogP contribution in [0.15, 0.2) is 6.07 Å². The van der Waals surface area contributed by atoms with Crippen molar-refractivity contribution in [3.63, 3.8) is 0 Å². The third kappa shape index (κ3) is 1.76. The second-order valence-electron chi connectivity index (χ2n) is 4.51. The number of carbonyl (C=O) groups is 1. The number of fused-ring (bicyclic) bond motifs is 3. The molecule has 2 aromatic heterocycles. The van der Waals surface area contributed by atoms with E-state index in [2.05, 4.69) is 9.97 Å². The van der Waals surface area contributed by atoms with Crippen LogP contribution < -0.4 is 5.73 Å². The molecule has 0 unspecified atom stereocenters. The van der Waals surface area contributed by atoms with Crippen LogP contribution in [-0.4, -0.2) is 22.5 Å². The van der Waals surface area contributed by atoms with E-state index in [0.717, 1.165) is 16.6 Å². The summed E-state index contributed by atoms with van der Waals surface area (Å²) in [6.07, 6.45) is -0.0683. The predicted molar refractivity (Wildman–Crippen MR) is 69.7 cm³/mol. The second-order valence-corrected chi connectivity index (χ2v) is 4.51. The Bertz CT molecular complexity index is 663. The number of aromatic amines is 1. The molecule has 6 nitrogen and oxygen atoms in total. The molecule has 3 rings (SSSR count). The molecule has 0 saturated carbocycles. The second kappa shape index (κ2) is 4.24. The molecule has 0 bridgehead atoms. The molecule has 19 heavy (non-hydrogen) atoms. The van der Waals surface area contributed by atoms with Gasteiger partial charge in [0.25, 0.3) is 0 Å². The summed E-state index contributed by atoms with van der Waals surface area (Å²) < 4.78 is 10.5. The van der Waals surface area contributed by atoms with Crippen LogP contribution in [0.2, 0.25) is 0 Å². The maximum absolute atomic E-state index is 11.7. The zero-order chi connectivity index (χ0) is 13.6. The molecule has 0 aliphatic carbocycles. The van der Waals surface area contributed by atoms with Crippen LogP contribution >= 0.6 is 0 Å². The van der Waals surface area contributed by atoms with E-state index >= 15 is 0 Å². The summed E-state index contributed by atoms with van der Waals surface area (Å²) in [5.74, 6) is 0.0710. The normalized spacial score (nSPS) is 17.7. The first-order valence-electron chi connectivity index (χ1n) is 6.21. The van der Waals surface area contributed by atoms with E-state index in [4.69, 9.17) is 15.2 Å². The van der Waals surface area contributed by atoms with Crippen LogP contribution in [0, 0.1) is 0 Å². The van der Waals surface area contributed by atoms with Gasteiger partial charge in [-0.05, 0) is 19.9 Å². The Morgan fingerprint density at radius 1 is 1.68 bits per heavy atom. The lowest BCUT2D eigenvalue weighted by atomic mass is 10.1. The lowest BCUT2D eigenvalue weighted by Gasteiger charge is -2.06. The van der Waals surface area contributed by atoms with Gasteiger partial charge in [-0.25, -0.2) is 9.78 Å². The number of pyridine rings is 1. The van der Waals surface area contributed by atoms with Gasteiger partial charge in [-0.1, -0.05) is 0 Å². The molecule has 0 fully saturated rings. The standard InChI is InChI=1S/C13H15N3O3/c1-3-18-13(17)9-4-8-11(15-9)7-5-19-6(2)10(7)12(14)16-8/h4,6,15H,3,5H2,1-2H3,(H2,14,16)/t6-/m0/s1. The molecule has 1 atom stereocenters. The molecular formula is C13H15N3O3. The van der Waals surface area contributed by atoms with E-state index in [1.165, 1.54) is 0 Å². The van der Waals surface area contributed by atoms with Crippen molar-refractivity contribution in [1.82, 2.24) is 9.97 Å². The number of nitrogens with one attached hydrogen (secondary N) is 1. The van der Waals surface area contributed by atoms with Gasteiger partial charge in [-0.15, -0.1) is 0 Å². The first-order chi connectivity index (χ1) is 9.11. The summed E-state index contributed by atoms with van der Waals surface area (Å²) in [4.78, 5) is 19.1. The minimum atomic E-state index is -0.389. The first-order valence-corrected chi connectivity index (χ1v) is 6.21. The molecule has 0 amide bonds. The highest BCUT2D eigenvalue weighted by Crippen LogP contribution is 2.37. The molecule has 1 aliphatic rings. The largest absolute Gasteiger partial charge is 0.461 e. The lowest BCUT2D eigenvalue weighted by molar-refractivity contribution is 0.0520. The van der Waals surface area contributed by atoms with E-state index in [1.807, 2.05) is 6.92 Å². The first kappa shape index (κ1) is 12.0. The third-order valence-electron chi connectivity index (χ3n) is 3.32. The number of nitrogen functional groups attached to an aromatic ring is 1. The van der Waals surface area contributed by atoms with Crippen LogP contribution in [0.4, 0.5) is 5.82 Å². The lowest BCUT2D eigenvalue weighted by Crippen LogP contribution is -2.04. The van der Waals surface area contributed by atoms with Crippen molar-refractivity contribution in [3.05, 3.63) is 22.9 Å². The molecule has 0 saturated heterocycles. The van der Waals surface area contributed by atoms with Crippen molar-refractivity contribution >= 4 is 22.8 Å². The van der Waals surface area contributed by atoms with Gasteiger partial charge < -0.3 is 20.2 Å². The van der Waals surface area contributed by atoms with Gasteiger partial charge in [0.05, 0.1) is 30.4 Å². The summed E-state index contributed by atoms with van der Waals surface area (Å²) in [5, 5.41) is 0. The van der Waals surface area contributed by atoms with Crippen LogP contribution in [0.25, 0.3) is 11.0 Å². The van der Waals surface area contributed by atoms with E-state index in [0.29, 0.717) is 30.2 Å². The third-order valence-corrected chi connectivity index (χ3v) is 3.32. The van der Waals surface area contributed by atoms with E-state index in [-0.39, 0.29) is 12.1 Å². The quantitative estimate of drug-likeness (QED) is 0.806. The Morgan fingerprint density at radius 2 is 2.47 bits per heavy atom. The van der Waals surface area contributed by atoms with Gasteiger partial charge in [0.2, 0.25) is 0 Å². The molecule has 1 aliphatic heterocycles. The van der Waals surface area contributed by atoms with Gasteiger partial charge in [0.1, 0.15) is 11.5 Å². The predicted octanol–water partition coefficient (Wildman–Crippen LogP) is 1.91. The van der Waals surface area contributed by atoms with Crippen LogP contribution in [0.3, 0.4) is 0 Å². The smallest absolute Gasteiger partial charge is 0.354 e. The fourth-order valence-corrected chi connectivity index (χ4v) is 2.46. The van der Waals surface area contributed by atoms with Crippen molar-refractivity contribution in [1.29, 1.82) is 0 Å². The molecule has 0 radical (unpaired) electrons. The summed E-state index contributed by atoms with van der Waals surface area (Å²) in [5.41, 5.74) is 9.69. The van der Waals surface area contributed by atoms with Gasteiger partial charge in [0, 0.05) is 11.1 Å². The van der Waals surface area contributed by atoms with E-state index in [1.54, 1.807) is 13.0 Å². The van der Waals surface area contributed by atoms with Gasteiger partial charge >= 0.3 is 5.97 Å². The number of aromatic nitrogens is 2. The number of nitrogens with two attached hydrogens (primary N) is 1. The highest BCUT2D eigenvalue weighted by molar-refractivity contribution is 5.95. The number of H-pyrrole nitrogens is 1. The Balaban J connectivity index is 2.17. The fraction of sp³-hybridized carbons (Fsp3) is 0.385. The number of nitrogens with zero attached hydrogens (tertiary/aromatic N) is 1. The number of anilines is 1. The Hall–Kier alpha value is -2.08. The Morgan fingerprint density at radius 3 is 3.21 bits per heavy atom. The molecule has 3 N–H and O–H groups in total. The number of rotatable bonds is 2. The number of carbonyl (C=O) groups excluding carboxylic acids is 1. The summed E-state index contributed by atoms with van der Waals surface area (Å²) in [6.45, 7) is 4.51. The fourth-order valence-electron chi connectivity index (χ4n) is 2.46. The van der Waals surface area contributed by atoms with Gasteiger partial charge in [-0.2, -0.15) is 0 Å². The van der Waals surface area contributed by atoms with Gasteiger partial charge in [0.15, 0.2) is 0 Å². The zero-order valence-corrected chi connectivity index (χ0v) is 10.8. The van der Waals surface area contributed by atoms with Crippen molar-refractivity contribution < 1.29 is 14.3 Å². The summed E-state index contributed by atoms with van der Waals surface area (Å²) in [6, 6.07) is 1.66. The monoisotopic (exact) mass is 261 g/mol. The number of hydrogen-bond acceptors (Lipinski definition) is 5. The average molecular weight is 261 g/mol. The molecule has 0 aromatic carbocycles. The van der Waals surface area contributed by atoms with Crippen molar-refractivity contribution in [2.75, 3.05) is 12.3 Å². The van der Waals surface area contributed by atoms with Crippen LogP contribution in [-0.2, 0) is 16.1 Å². The van der Waals surface area contributed by atoms with Crippen molar-refractivity contribution in [2.45, 2.75) is 26.6 Å². The molecule has 3 heterocycles. The molecule has 100 valence electrons. The average Bonchev–Trinajstić information content (AvgIpc) is 2.93. The highest BCUT2D eigenvalue weighted by Gasteiger charge is 2.27. The minimum Gasteiger partial charge on any atom is -0.461 e. The van der Waals surface area contributed by atoms with Gasteiger partial charge in [-0.3, -0.25) is 0 Å². The summed E-state index contributed by atoms with van der Waals surface area (Å²) in [7, 11) is 0. The minimum absolute atomic E-state index is 0.0683. The number of esters is 1. The topological polar surface area (TPSA) is 90.2 Å². The molecular weight excluding hydrogens is 246 g/mol. The van der Waals surface area contributed by atoms with Crippen molar-refractivity contribution in [3.8, 4) is 0 Å². The maximum Gasteiger partial charge on any atom is 0.354 e. The van der Waals surface area contributed by atoms with Crippen molar-refractivity contribution in [2.24, 2.45) is 0 Å². The Labute approximate surface area is 109 Å². The number of ether oxygens (including phenoxy) is 2. The SMILES string of the molecule is CCOC(=O)c1cc2nc(N)c3c(c2[nH]1)CO[C@H]3C. The summed E-state index contributed by atoms with van der Waals surface area (Å²) >= 11 is 0. The van der Waals surface area contributed by atoms with Crippen LogP contribution in [0.5, 0.6) is 0 Å². The molecule has 6 heteroatoms. The van der Waals surface area contributed by atoms with E-state index in [9.17, 15) is 4.79 Å². The maximum atomic E-state index is 11.7. The Kier molecular flexibility index (Phi) is 2.67. The zero-order valence-electron chi connectivity index (χ0n) is 10.8.